The zero-order valence-electron chi connectivity index (χ0n) is 16.6. The molecule has 2 aromatic carbocycles. The summed E-state index contributed by atoms with van der Waals surface area (Å²) in [6.45, 7) is 5.78. The van der Waals surface area contributed by atoms with Gasteiger partial charge in [-0.15, -0.1) is 0 Å². The third kappa shape index (κ3) is 4.51. The van der Waals surface area contributed by atoms with Crippen LogP contribution < -0.4 is 0 Å². The monoisotopic (exact) mass is 386 g/mol. The molecule has 3 rings (SSSR count). The van der Waals surface area contributed by atoms with E-state index in [0.29, 0.717) is 35.1 Å². The van der Waals surface area contributed by atoms with Crippen molar-refractivity contribution in [1.29, 1.82) is 0 Å². The van der Waals surface area contributed by atoms with Crippen LogP contribution in [0.25, 0.3) is 22.7 Å². The molecular formula is C25H29F3. The van der Waals surface area contributed by atoms with E-state index in [9.17, 15) is 13.2 Å². The second-order valence-electron chi connectivity index (χ2n) is 7.98. The molecule has 0 radical (unpaired) electrons. The van der Waals surface area contributed by atoms with Crippen molar-refractivity contribution in [2.75, 3.05) is 0 Å². The predicted octanol–water partition coefficient (Wildman–Crippen LogP) is 8.62. The van der Waals surface area contributed by atoms with Gasteiger partial charge in [-0.25, -0.2) is 13.2 Å². The molecule has 0 bridgehead atoms. The van der Waals surface area contributed by atoms with E-state index in [4.69, 9.17) is 0 Å². The van der Waals surface area contributed by atoms with Gasteiger partial charge in [0, 0.05) is 22.4 Å². The Labute approximate surface area is 166 Å². The van der Waals surface area contributed by atoms with Gasteiger partial charge >= 0.3 is 0 Å². The van der Waals surface area contributed by atoms with Gasteiger partial charge in [0.2, 0.25) is 0 Å². The highest BCUT2D eigenvalue weighted by Gasteiger charge is 2.26. The molecule has 1 fully saturated rings. The van der Waals surface area contributed by atoms with E-state index >= 15 is 0 Å². The van der Waals surface area contributed by atoms with Crippen LogP contribution in [0.2, 0.25) is 0 Å². The van der Waals surface area contributed by atoms with E-state index < -0.39 is 11.7 Å². The average Bonchev–Trinajstić information content (AvgIpc) is 2.73. The van der Waals surface area contributed by atoms with Crippen molar-refractivity contribution in [3.05, 3.63) is 59.7 Å². The van der Waals surface area contributed by atoms with Gasteiger partial charge in [0.15, 0.2) is 5.83 Å². The molecule has 0 heterocycles. The fraction of sp³-hybridized carbons (Fsp3) is 0.440. The number of allylic oxidation sites excluding steroid dienone is 1. The summed E-state index contributed by atoms with van der Waals surface area (Å²) in [5, 5.41) is 0.949. The van der Waals surface area contributed by atoms with Gasteiger partial charge in [0.05, 0.1) is 0 Å². The molecule has 1 saturated carbocycles. The molecule has 0 nitrogen and oxygen atoms in total. The highest BCUT2D eigenvalue weighted by Crippen LogP contribution is 2.39. The second kappa shape index (κ2) is 9.45. The van der Waals surface area contributed by atoms with Gasteiger partial charge < -0.3 is 0 Å². The highest BCUT2D eigenvalue weighted by molar-refractivity contribution is 5.88. The minimum Gasteiger partial charge on any atom is -0.208 e. The van der Waals surface area contributed by atoms with Gasteiger partial charge in [0.1, 0.15) is 11.6 Å². The van der Waals surface area contributed by atoms with Gasteiger partial charge in [-0.2, -0.15) is 0 Å². The molecule has 3 heteroatoms. The lowest BCUT2D eigenvalue weighted by atomic mass is 9.79. The van der Waals surface area contributed by atoms with Gasteiger partial charge in [0.25, 0.3) is 0 Å². The summed E-state index contributed by atoms with van der Waals surface area (Å²) in [5.74, 6) is -1.51. The number of fused-ring (bicyclic) bond motifs is 1. The molecule has 0 N–H and O–H groups in total. The lowest BCUT2D eigenvalue weighted by Crippen LogP contribution is -2.15. The van der Waals surface area contributed by atoms with Gasteiger partial charge in [-0.05, 0) is 43.1 Å². The summed E-state index contributed by atoms with van der Waals surface area (Å²) < 4.78 is 44.0. The first-order valence-electron chi connectivity index (χ1n) is 10.4. The summed E-state index contributed by atoms with van der Waals surface area (Å²) in [6.07, 6.45) is 9.72. The molecule has 0 amide bonds. The molecule has 150 valence electrons. The summed E-state index contributed by atoms with van der Waals surface area (Å²) >= 11 is 0. The fourth-order valence-electron chi connectivity index (χ4n) is 4.31. The van der Waals surface area contributed by atoms with Crippen molar-refractivity contribution in [1.82, 2.24) is 0 Å². The van der Waals surface area contributed by atoms with Crippen molar-refractivity contribution in [3.8, 4) is 0 Å². The summed E-state index contributed by atoms with van der Waals surface area (Å²) in [5.41, 5.74) is 0.582. The van der Waals surface area contributed by atoms with E-state index in [0.717, 1.165) is 12.8 Å². The van der Waals surface area contributed by atoms with Crippen molar-refractivity contribution in [3.63, 3.8) is 0 Å². The normalized spacial score (nSPS) is 20.9. The topological polar surface area (TPSA) is 0 Å². The summed E-state index contributed by atoms with van der Waals surface area (Å²) in [7, 11) is 0. The lowest BCUT2D eigenvalue weighted by molar-refractivity contribution is 0.258. The molecule has 2 aromatic rings. The van der Waals surface area contributed by atoms with E-state index in [-0.39, 0.29) is 17.3 Å². The Morgan fingerprint density at radius 1 is 1.07 bits per heavy atom. The van der Waals surface area contributed by atoms with Crippen LogP contribution in [0.5, 0.6) is 0 Å². The van der Waals surface area contributed by atoms with Crippen LogP contribution in [0.15, 0.2) is 42.7 Å². The van der Waals surface area contributed by atoms with Crippen molar-refractivity contribution in [2.45, 2.75) is 58.3 Å². The smallest absolute Gasteiger partial charge is 0.162 e. The zero-order valence-corrected chi connectivity index (χ0v) is 16.6. The summed E-state index contributed by atoms with van der Waals surface area (Å²) in [6, 6.07) is 7.82. The van der Waals surface area contributed by atoms with Crippen molar-refractivity contribution in [2.24, 2.45) is 11.8 Å². The highest BCUT2D eigenvalue weighted by atomic mass is 19.2. The standard InChI is InChI=1S/C25H29F3/c1-3-5-6-7-17-8-10-19(11-9-17)24(27)25(28)21-14-15-22-20(16-21)13-12-18(4-2)23(22)26/h4,12-17,19H,2-3,5-11H2,1H3. The maximum absolute atomic E-state index is 14.8. The first kappa shape index (κ1) is 20.7. The number of unbranched alkanes of at least 4 members (excludes halogenated alkanes) is 2. The maximum Gasteiger partial charge on any atom is 0.162 e. The molecule has 1 aliphatic rings. The molecular weight excluding hydrogens is 357 g/mol. The molecule has 0 atom stereocenters. The van der Waals surface area contributed by atoms with E-state index in [2.05, 4.69) is 13.5 Å². The third-order valence-electron chi connectivity index (χ3n) is 6.09. The number of halogens is 3. The van der Waals surface area contributed by atoms with Crippen molar-refractivity contribution < 1.29 is 13.2 Å². The first-order chi connectivity index (χ1) is 13.5. The van der Waals surface area contributed by atoms with Crippen LogP contribution >= 0.6 is 0 Å². The van der Waals surface area contributed by atoms with Crippen LogP contribution in [0.1, 0.15) is 69.4 Å². The first-order valence-corrected chi connectivity index (χ1v) is 10.4. The Bertz CT molecular complexity index is 857. The zero-order chi connectivity index (χ0) is 20.1. The molecule has 0 unspecified atom stereocenters. The van der Waals surface area contributed by atoms with Crippen molar-refractivity contribution >= 4 is 22.7 Å². The van der Waals surface area contributed by atoms with Crippen LogP contribution in [-0.4, -0.2) is 0 Å². The van der Waals surface area contributed by atoms with E-state index in [1.807, 2.05) is 0 Å². The molecule has 28 heavy (non-hydrogen) atoms. The Hall–Kier alpha value is -2.03. The van der Waals surface area contributed by atoms with Gasteiger partial charge in [-0.3, -0.25) is 0 Å². The molecule has 0 spiro atoms. The van der Waals surface area contributed by atoms with Gasteiger partial charge in [-0.1, -0.05) is 69.5 Å². The second-order valence-corrected chi connectivity index (χ2v) is 7.98. The Kier molecular flexibility index (Phi) is 6.98. The van der Waals surface area contributed by atoms with Crippen LogP contribution in [0.3, 0.4) is 0 Å². The minimum atomic E-state index is -0.801. The summed E-state index contributed by atoms with van der Waals surface area (Å²) in [4.78, 5) is 0. The Balaban J connectivity index is 1.74. The van der Waals surface area contributed by atoms with Crippen LogP contribution in [0.4, 0.5) is 13.2 Å². The average molecular weight is 387 g/mol. The van der Waals surface area contributed by atoms with Crippen LogP contribution in [-0.2, 0) is 0 Å². The molecule has 0 saturated heterocycles. The number of hydrogen-bond donors (Lipinski definition) is 0. The molecule has 0 aromatic heterocycles. The molecule has 0 aliphatic heterocycles. The van der Waals surface area contributed by atoms with E-state index in [1.165, 1.54) is 50.0 Å². The Morgan fingerprint density at radius 3 is 2.50 bits per heavy atom. The Morgan fingerprint density at radius 2 is 1.82 bits per heavy atom. The molecule has 1 aliphatic carbocycles. The quantitative estimate of drug-likeness (QED) is 0.418. The lowest BCUT2D eigenvalue weighted by Gasteiger charge is -2.27. The third-order valence-corrected chi connectivity index (χ3v) is 6.09. The maximum atomic E-state index is 14.8. The van der Waals surface area contributed by atoms with Crippen LogP contribution in [0, 0.1) is 17.7 Å². The SMILES string of the molecule is C=Cc1ccc2cc(C(F)=C(F)C3CCC(CCCCC)CC3)ccc2c1F. The predicted molar refractivity (Wildman–Crippen MR) is 113 cm³/mol. The number of benzene rings is 2. The number of hydrogen-bond acceptors (Lipinski definition) is 0. The largest absolute Gasteiger partial charge is 0.208 e. The minimum absolute atomic E-state index is 0.181. The number of rotatable bonds is 7. The fourth-order valence-corrected chi connectivity index (χ4v) is 4.31. The van der Waals surface area contributed by atoms with E-state index in [1.54, 1.807) is 12.1 Å².